The molecule has 17 heavy (non-hydrogen) atoms. The summed E-state index contributed by atoms with van der Waals surface area (Å²) in [7, 11) is 0. The van der Waals surface area contributed by atoms with Crippen molar-refractivity contribution in [2.75, 3.05) is 0 Å². The summed E-state index contributed by atoms with van der Waals surface area (Å²) in [5, 5.41) is 9.10. The zero-order valence-corrected chi connectivity index (χ0v) is 11.4. The molecule has 1 aliphatic rings. The summed E-state index contributed by atoms with van der Waals surface area (Å²) >= 11 is 3.52. The van der Waals surface area contributed by atoms with Gasteiger partial charge in [-0.2, -0.15) is 0 Å². The smallest absolute Gasteiger partial charge is 0.307 e. The molecule has 0 heterocycles. The Hall–Kier alpha value is -1.09. The zero-order valence-electron chi connectivity index (χ0n) is 9.85. The lowest BCUT2D eigenvalue weighted by atomic mass is 10.1. The van der Waals surface area contributed by atoms with E-state index in [1.54, 1.807) is 0 Å². The number of aliphatic carboxylic acids is 1. The molecule has 3 heteroatoms. The van der Waals surface area contributed by atoms with Gasteiger partial charge >= 0.3 is 5.97 Å². The number of hydrogen-bond donors (Lipinski definition) is 1. The second kappa shape index (κ2) is 4.30. The molecule has 2 nitrogen and oxygen atoms in total. The summed E-state index contributed by atoms with van der Waals surface area (Å²) in [4.78, 5) is 11.1. The van der Waals surface area contributed by atoms with Gasteiger partial charge in [-0.05, 0) is 16.9 Å². The Balaban J connectivity index is 2.20. The second-order valence-electron chi connectivity index (χ2n) is 5.04. The van der Waals surface area contributed by atoms with Gasteiger partial charge in [0.25, 0.3) is 0 Å². The van der Waals surface area contributed by atoms with Crippen LogP contribution in [0, 0.1) is 17.3 Å². The maximum atomic E-state index is 11.1. The Labute approximate surface area is 109 Å². The van der Waals surface area contributed by atoms with Crippen LogP contribution in [0.25, 0.3) is 4.48 Å². The van der Waals surface area contributed by atoms with Crippen molar-refractivity contribution >= 4 is 26.4 Å². The van der Waals surface area contributed by atoms with Crippen LogP contribution in [0.3, 0.4) is 0 Å². The highest BCUT2D eigenvalue weighted by molar-refractivity contribution is 9.15. The van der Waals surface area contributed by atoms with Gasteiger partial charge in [0.05, 0.1) is 5.92 Å². The van der Waals surface area contributed by atoms with Crippen LogP contribution in [0.15, 0.2) is 36.4 Å². The van der Waals surface area contributed by atoms with Crippen LogP contribution in [0.1, 0.15) is 19.4 Å². The first-order valence-corrected chi connectivity index (χ1v) is 6.39. The number of carbonyl (C=O) groups is 1. The zero-order chi connectivity index (χ0) is 12.6. The van der Waals surface area contributed by atoms with E-state index in [-0.39, 0.29) is 17.3 Å². The standard InChI is InChI=1S/C14H15BrO2/c1-14(2)10(12(14)13(16)17)8-11(15)9-6-4-3-5-7-9/h3-8,10,12H,1-2H3,(H,16,17)/b11-8-/t10-,12-/m1/s1. The minimum atomic E-state index is -0.704. The van der Waals surface area contributed by atoms with E-state index >= 15 is 0 Å². The van der Waals surface area contributed by atoms with Gasteiger partial charge in [-0.1, -0.05) is 66.2 Å². The van der Waals surface area contributed by atoms with E-state index in [9.17, 15) is 4.79 Å². The molecule has 1 saturated carbocycles. The highest BCUT2D eigenvalue weighted by Gasteiger charge is 2.60. The monoisotopic (exact) mass is 294 g/mol. The molecule has 0 aliphatic heterocycles. The quantitative estimate of drug-likeness (QED) is 0.921. The Bertz CT molecular complexity index is 462. The molecular formula is C14H15BrO2. The summed E-state index contributed by atoms with van der Waals surface area (Å²) in [6.45, 7) is 4.00. The molecule has 0 unspecified atom stereocenters. The first kappa shape index (κ1) is 12.4. The molecule has 90 valence electrons. The molecule has 0 bridgehead atoms. The average Bonchev–Trinajstić information content (AvgIpc) is 2.81. The number of halogens is 1. The normalized spacial score (nSPS) is 26.6. The number of carboxylic acid groups (broad SMARTS) is 1. The third-order valence-electron chi connectivity index (χ3n) is 3.55. The Morgan fingerprint density at radius 1 is 1.35 bits per heavy atom. The maximum Gasteiger partial charge on any atom is 0.307 e. The fraction of sp³-hybridized carbons (Fsp3) is 0.357. The lowest BCUT2D eigenvalue weighted by Crippen LogP contribution is -2.02. The predicted octanol–water partition coefficient (Wildman–Crippen LogP) is 3.78. The van der Waals surface area contributed by atoms with Gasteiger partial charge in [0.2, 0.25) is 0 Å². The molecule has 1 aliphatic carbocycles. The van der Waals surface area contributed by atoms with Crippen LogP contribution < -0.4 is 0 Å². The Kier molecular flexibility index (Phi) is 3.13. The first-order chi connectivity index (χ1) is 7.94. The molecule has 1 aromatic carbocycles. The van der Waals surface area contributed by atoms with Crippen LogP contribution in [-0.2, 0) is 4.79 Å². The van der Waals surface area contributed by atoms with Gasteiger partial charge in [-0.15, -0.1) is 0 Å². The van der Waals surface area contributed by atoms with Crippen molar-refractivity contribution in [3.05, 3.63) is 42.0 Å². The average molecular weight is 295 g/mol. The fourth-order valence-electron chi connectivity index (χ4n) is 2.31. The van der Waals surface area contributed by atoms with Gasteiger partial charge in [-0.25, -0.2) is 0 Å². The highest BCUT2D eigenvalue weighted by Crippen LogP contribution is 2.60. The minimum absolute atomic E-state index is 0.106. The third kappa shape index (κ3) is 2.29. The second-order valence-corrected chi connectivity index (χ2v) is 5.90. The summed E-state index contributed by atoms with van der Waals surface area (Å²) in [5.74, 6) is -0.863. The van der Waals surface area contributed by atoms with Gasteiger partial charge in [0.1, 0.15) is 0 Å². The molecule has 0 spiro atoms. The Morgan fingerprint density at radius 2 is 1.94 bits per heavy atom. The fourth-order valence-corrected chi connectivity index (χ4v) is 2.86. The third-order valence-corrected chi connectivity index (χ3v) is 4.27. The van der Waals surface area contributed by atoms with E-state index in [1.165, 1.54) is 0 Å². The van der Waals surface area contributed by atoms with Gasteiger partial charge in [0.15, 0.2) is 0 Å². The van der Waals surface area contributed by atoms with E-state index in [1.807, 2.05) is 50.3 Å². The highest BCUT2D eigenvalue weighted by atomic mass is 79.9. The molecule has 2 atom stereocenters. The van der Waals surface area contributed by atoms with Crippen molar-refractivity contribution in [1.29, 1.82) is 0 Å². The first-order valence-electron chi connectivity index (χ1n) is 5.60. The lowest BCUT2D eigenvalue weighted by molar-refractivity contribution is -0.139. The summed E-state index contributed by atoms with van der Waals surface area (Å²) in [6, 6.07) is 9.91. The van der Waals surface area contributed by atoms with E-state index in [4.69, 9.17) is 5.11 Å². The van der Waals surface area contributed by atoms with Crippen LogP contribution in [0.2, 0.25) is 0 Å². The molecule has 1 N–H and O–H groups in total. The largest absolute Gasteiger partial charge is 0.481 e. The molecule has 0 radical (unpaired) electrons. The summed E-state index contributed by atoms with van der Waals surface area (Å²) in [5.41, 5.74) is 0.943. The molecule has 2 rings (SSSR count). The number of benzene rings is 1. The van der Waals surface area contributed by atoms with E-state index < -0.39 is 5.97 Å². The number of carboxylic acids is 1. The molecular weight excluding hydrogens is 280 g/mol. The van der Waals surface area contributed by atoms with Crippen molar-refractivity contribution < 1.29 is 9.90 Å². The van der Waals surface area contributed by atoms with Gasteiger partial charge < -0.3 is 5.11 Å². The van der Waals surface area contributed by atoms with Gasteiger partial charge in [0, 0.05) is 4.48 Å². The van der Waals surface area contributed by atoms with E-state index in [0.717, 1.165) is 10.0 Å². The topological polar surface area (TPSA) is 37.3 Å². The Morgan fingerprint density at radius 3 is 2.41 bits per heavy atom. The summed E-state index contributed by atoms with van der Waals surface area (Å²) < 4.78 is 0.972. The molecule has 0 amide bonds. The number of hydrogen-bond acceptors (Lipinski definition) is 1. The van der Waals surface area contributed by atoms with Crippen molar-refractivity contribution in [2.24, 2.45) is 17.3 Å². The van der Waals surface area contributed by atoms with Crippen molar-refractivity contribution in [1.82, 2.24) is 0 Å². The summed E-state index contributed by atoms with van der Waals surface area (Å²) in [6.07, 6.45) is 2.02. The SMILES string of the molecule is CC1(C)[C@H](/C=C(\Br)c2ccccc2)[C@@H]1C(=O)O. The molecule has 1 aromatic rings. The minimum Gasteiger partial charge on any atom is -0.481 e. The maximum absolute atomic E-state index is 11.1. The predicted molar refractivity (Wildman–Crippen MR) is 71.7 cm³/mol. The number of rotatable bonds is 3. The van der Waals surface area contributed by atoms with E-state index in [0.29, 0.717) is 0 Å². The molecule has 0 saturated heterocycles. The van der Waals surface area contributed by atoms with Crippen molar-refractivity contribution in [3.63, 3.8) is 0 Å². The lowest BCUT2D eigenvalue weighted by Gasteiger charge is -2.00. The van der Waals surface area contributed by atoms with Crippen molar-refractivity contribution in [3.8, 4) is 0 Å². The number of allylic oxidation sites excluding steroid dienone is 1. The van der Waals surface area contributed by atoms with Crippen LogP contribution in [0.5, 0.6) is 0 Å². The van der Waals surface area contributed by atoms with Crippen LogP contribution in [0.4, 0.5) is 0 Å². The van der Waals surface area contributed by atoms with Gasteiger partial charge in [-0.3, -0.25) is 4.79 Å². The van der Waals surface area contributed by atoms with Crippen molar-refractivity contribution in [2.45, 2.75) is 13.8 Å². The molecule has 1 fully saturated rings. The molecule has 0 aromatic heterocycles. The van der Waals surface area contributed by atoms with Crippen LogP contribution >= 0.6 is 15.9 Å². The van der Waals surface area contributed by atoms with E-state index in [2.05, 4.69) is 15.9 Å². The van der Waals surface area contributed by atoms with Crippen LogP contribution in [-0.4, -0.2) is 11.1 Å².